The third kappa shape index (κ3) is 4.87. The molecule has 0 unspecified atom stereocenters. The number of sulfonamides is 1. The average Bonchev–Trinajstić information content (AvgIpc) is 2.46. The number of para-hydroxylation sites is 1. The second-order valence-corrected chi connectivity index (χ2v) is 8.30. The second kappa shape index (κ2) is 7.75. The first-order valence-electron chi connectivity index (χ1n) is 7.36. The van der Waals surface area contributed by atoms with Crippen molar-refractivity contribution in [2.45, 2.75) is 24.3 Å². The van der Waals surface area contributed by atoms with Gasteiger partial charge in [0, 0.05) is 44.3 Å². The van der Waals surface area contributed by atoms with Crippen LogP contribution in [0.5, 0.6) is 0 Å². The SMILES string of the molecule is CC(C)(N)CN1CCN(S(=O)(=O)c2ccccc2[N+](=O)[O-])CC1.Cl. The molecule has 1 aromatic rings. The smallest absolute Gasteiger partial charge is 0.289 e. The van der Waals surface area contributed by atoms with Crippen molar-refractivity contribution in [1.29, 1.82) is 0 Å². The Hall–Kier alpha value is -1.26. The van der Waals surface area contributed by atoms with Crippen LogP contribution in [0.1, 0.15) is 13.8 Å². The molecule has 0 spiro atoms. The molecule has 1 aliphatic heterocycles. The normalized spacial score (nSPS) is 17.3. The molecule has 0 atom stereocenters. The molecule has 24 heavy (non-hydrogen) atoms. The molecule has 1 fully saturated rings. The summed E-state index contributed by atoms with van der Waals surface area (Å²) in [7, 11) is -3.87. The molecule has 1 heterocycles. The van der Waals surface area contributed by atoms with Crippen LogP contribution in [0.25, 0.3) is 0 Å². The summed E-state index contributed by atoms with van der Waals surface area (Å²) < 4.78 is 26.7. The van der Waals surface area contributed by atoms with Crippen LogP contribution in [0.3, 0.4) is 0 Å². The molecular formula is C14H23ClN4O4S. The van der Waals surface area contributed by atoms with E-state index >= 15 is 0 Å². The van der Waals surface area contributed by atoms with Gasteiger partial charge in [0.15, 0.2) is 4.90 Å². The molecule has 0 bridgehead atoms. The van der Waals surface area contributed by atoms with Gasteiger partial charge in [0.2, 0.25) is 10.0 Å². The number of benzene rings is 1. The maximum atomic E-state index is 12.7. The van der Waals surface area contributed by atoms with Crippen molar-refractivity contribution in [3.8, 4) is 0 Å². The van der Waals surface area contributed by atoms with Gasteiger partial charge in [-0.1, -0.05) is 12.1 Å². The fourth-order valence-electron chi connectivity index (χ4n) is 2.67. The Morgan fingerprint density at radius 3 is 2.25 bits per heavy atom. The van der Waals surface area contributed by atoms with E-state index in [4.69, 9.17) is 5.73 Å². The van der Waals surface area contributed by atoms with Crippen LogP contribution >= 0.6 is 12.4 Å². The topological polar surface area (TPSA) is 110 Å². The number of piperazine rings is 1. The highest BCUT2D eigenvalue weighted by Crippen LogP contribution is 2.26. The van der Waals surface area contributed by atoms with Gasteiger partial charge in [-0.05, 0) is 19.9 Å². The van der Waals surface area contributed by atoms with E-state index in [9.17, 15) is 18.5 Å². The third-order valence-electron chi connectivity index (χ3n) is 3.64. The largest absolute Gasteiger partial charge is 0.324 e. The van der Waals surface area contributed by atoms with Gasteiger partial charge in [0.05, 0.1) is 4.92 Å². The Balaban J connectivity index is 0.00000288. The highest BCUT2D eigenvalue weighted by molar-refractivity contribution is 7.89. The number of hydrogen-bond donors (Lipinski definition) is 1. The Kier molecular flexibility index (Phi) is 6.71. The van der Waals surface area contributed by atoms with Crippen LogP contribution in [-0.2, 0) is 10.0 Å². The summed E-state index contributed by atoms with van der Waals surface area (Å²) in [5.74, 6) is 0. The van der Waals surface area contributed by atoms with E-state index in [2.05, 4.69) is 4.90 Å². The van der Waals surface area contributed by atoms with Crippen molar-refractivity contribution in [3.63, 3.8) is 0 Å². The fraction of sp³-hybridized carbons (Fsp3) is 0.571. The first-order chi connectivity index (χ1) is 10.6. The van der Waals surface area contributed by atoms with Crippen molar-refractivity contribution in [3.05, 3.63) is 34.4 Å². The van der Waals surface area contributed by atoms with Gasteiger partial charge in [-0.3, -0.25) is 15.0 Å². The first kappa shape index (κ1) is 20.8. The zero-order chi connectivity index (χ0) is 17.3. The minimum atomic E-state index is -3.87. The number of nitrogens with zero attached hydrogens (tertiary/aromatic N) is 3. The molecule has 2 rings (SSSR count). The highest BCUT2D eigenvalue weighted by Gasteiger charge is 2.34. The quantitative estimate of drug-likeness (QED) is 0.606. The van der Waals surface area contributed by atoms with Gasteiger partial charge < -0.3 is 5.73 Å². The molecule has 1 saturated heterocycles. The van der Waals surface area contributed by atoms with E-state index in [1.807, 2.05) is 13.8 Å². The van der Waals surface area contributed by atoms with E-state index < -0.39 is 20.6 Å². The van der Waals surface area contributed by atoms with Crippen LogP contribution in [0, 0.1) is 10.1 Å². The summed E-state index contributed by atoms with van der Waals surface area (Å²) >= 11 is 0. The van der Waals surface area contributed by atoms with Crippen molar-refractivity contribution < 1.29 is 13.3 Å². The van der Waals surface area contributed by atoms with E-state index in [1.54, 1.807) is 0 Å². The molecule has 0 radical (unpaired) electrons. The zero-order valence-electron chi connectivity index (χ0n) is 13.7. The van der Waals surface area contributed by atoms with Gasteiger partial charge >= 0.3 is 0 Å². The molecule has 1 aliphatic rings. The highest BCUT2D eigenvalue weighted by atomic mass is 35.5. The number of halogens is 1. The lowest BCUT2D eigenvalue weighted by atomic mass is 10.1. The summed E-state index contributed by atoms with van der Waals surface area (Å²) in [5, 5.41) is 11.1. The maximum absolute atomic E-state index is 12.7. The zero-order valence-corrected chi connectivity index (χ0v) is 15.3. The van der Waals surface area contributed by atoms with E-state index in [0.29, 0.717) is 32.7 Å². The number of nitrogens with two attached hydrogens (primary N) is 1. The van der Waals surface area contributed by atoms with Gasteiger partial charge in [-0.15, -0.1) is 12.4 Å². The molecule has 1 aromatic carbocycles. The molecule has 0 amide bonds. The lowest BCUT2D eigenvalue weighted by Crippen LogP contribution is -2.54. The van der Waals surface area contributed by atoms with Crippen molar-refractivity contribution in [1.82, 2.24) is 9.21 Å². The Morgan fingerprint density at radius 2 is 1.75 bits per heavy atom. The second-order valence-electron chi connectivity index (χ2n) is 6.39. The summed E-state index contributed by atoms with van der Waals surface area (Å²) in [4.78, 5) is 12.2. The molecule has 2 N–H and O–H groups in total. The standard InChI is InChI=1S/C14H22N4O4S.ClH/c1-14(2,15)11-16-7-9-17(10-8-16)23(21,22)13-6-4-3-5-12(13)18(19)20;/h3-6H,7-11,15H2,1-2H3;1H. The van der Waals surface area contributed by atoms with Gasteiger partial charge in [0.25, 0.3) is 5.69 Å². The number of hydrogen-bond acceptors (Lipinski definition) is 6. The molecule has 10 heteroatoms. The Labute approximate surface area is 148 Å². The van der Waals surface area contributed by atoms with Crippen LogP contribution in [0.4, 0.5) is 5.69 Å². The lowest BCUT2D eigenvalue weighted by molar-refractivity contribution is -0.387. The number of nitro groups is 1. The van der Waals surface area contributed by atoms with Gasteiger partial charge in [-0.2, -0.15) is 4.31 Å². The number of rotatable bonds is 5. The number of nitro benzene ring substituents is 1. The predicted octanol–water partition coefficient (Wildman–Crippen LogP) is 1.06. The first-order valence-corrected chi connectivity index (χ1v) is 8.80. The minimum absolute atomic E-state index is 0. The van der Waals surface area contributed by atoms with Crippen molar-refractivity contribution >= 4 is 28.1 Å². The van der Waals surface area contributed by atoms with E-state index in [0.717, 1.165) is 0 Å². The van der Waals surface area contributed by atoms with Crippen LogP contribution in [0.2, 0.25) is 0 Å². The molecule has 136 valence electrons. The third-order valence-corrected chi connectivity index (χ3v) is 5.59. The average molecular weight is 379 g/mol. The van der Waals surface area contributed by atoms with Crippen LogP contribution in [-0.4, -0.2) is 60.8 Å². The Bertz CT molecular complexity index is 682. The molecule has 0 aromatic heterocycles. The summed E-state index contributed by atoms with van der Waals surface area (Å²) in [6, 6.07) is 5.44. The monoisotopic (exact) mass is 378 g/mol. The van der Waals surface area contributed by atoms with E-state index in [-0.39, 0.29) is 22.8 Å². The van der Waals surface area contributed by atoms with Crippen LogP contribution in [0.15, 0.2) is 29.2 Å². The maximum Gasteiger partial charge on any atom is 0.289 e. The fourth-order valence-corrected chi connectivity index (χ4v) is 4.25. The molecule has 0 saturated carbocycles. The van der Waals surface area contributed by atoms with Gasteiger partial charge in [-0.25, -0.2) is 8.42 Å². The van der Waals surface area contributed by atoms with Crippen LogP contribution < -0.4 is 5.73 Å². The lowest BCUT2D eigenvalue weighted by Gasteiger charge is -2.36. The van der Waals surface area contributed by atoms with Gasteiger partial charge in [0.1, 0.15) is 0 Å². The summed E-state index contributed by atoms with van der Waals surface area (Å²) in [6.07, 6.45) is 0. The molecule has 0 aliphatic carbocycles. The van der Waals surface area contributed by atoms with Crippen molar-refractivity contribution in [2.75, 3.05) is 32.7 Å². The summed E-state index contributed by atoms with van der Waals surface area (Å²) in [5.41, 5.74) is 5.24. The molecular weight excluding hydrogens is 356 g/mol. The van der Waals surface area contributed by atoms with E-state index in [1.165, 1.54) is 28.6 Å². The molecule has 8 nitrogen and oxygen atoms in total. The predicted molar refractivity (Wildman–Crippen MR) is 93.8 cm³/mol. The Morgan fingerprint density at radius 1 is 1.21 bits per heavy atom. The van der Waals surface area contributed by atoms with Crippen molar-refractivity contribution in [2.24, 2.45) is 5.73 Å². The minimum Gasteiger partial charge on any atom is -0.324 e. The summed E-state index contributed by atoms with van der Waals surface area (Å²) in [6.45, 7) is 6.22.